The molecule has 1 saturated carbocycles. The van der Waals surface area contributed by atoms with Crippen LogP contribution in [0, 0.1) is 11.8 Å². The molecule has 0 aromatic carbocycles. The van der Waals surface area contributed by atoms with Gasteiger partial charge in [0.05, 0.1) is 33.7 Å². The molecule has 0 radical (unpaired) electrons. The third-order valence-electron chi connectivity index (χ3n) is 7.47. The first-order valence-corrected chi connectivity index (χ1v) is 13.4. The maximum absolute atomic E-state index is 12.9. The zero-order chi connectivity index (χ0) is 22.6. The molecular weight excluding hydrogens is 460 g/mol. The Kier molecular flexibility index (Phi) is 5.38. The minimum atomic E-state index is -1.10. The number of nitrogens with one attached hydrogen (secondary N) is 1. The van der Waals surface area contributed by atoms with Gasteiger partial charge in [-0.15, -0.1) is 0 Å². The van der Waals surface area contributed by atoms with E-state index in [0.29, 0.717) is 34.4 Å². The Labute approximate surface area is 200 Å². The summed E-state index contributed by atoms with van der Waals surface area (Å²) in [7, 11) is -1.10. The minimum absolute atomic E-state index is 0.0575. The molecule has 2 aliphatic heterocycles. The van der Waals surface area contributed by atoms with Gasteiger partial charge in [-0.1, -0.05) is 17.7 Å². The van der Waals surface area contributed by atoms with E-state index < -0.39 is 10.8 Å². The normalized spacial score (nSPS) is 27.5. The van der Waals surface area contributed by atoms with Crippen LogP contribution in [0.3, 0.4) is 0 Å². The molecule has 6 rings (SSSR count). The van der Waals surface area contributed by atoms with Gasteiger partial charge in [-0.2, -0.15) is 4.98 Å². The fraction of sp³-hybridized carbons (Fsp3) is 0.565. The number of fused-ring (bicyclic) bond motifs is 2. The largest absolute Gasteiger partial charge is 0.394 e. The zero-order valence-corrected chi connectivity index (χ0v) is 19.9. The predicted molar refractivity (Wildman–Crippen MR) is 128 cm³/mol. The van der Waals surface area contributed by atoms with E-state index in [9.17, 15) is 9.32 Å². The topological polar surface area (TPSA) is 104 Å². The number of nitrogens with zero attached hydrogens (tertiary/aromatic N) is 5. The van der Waals surface area contributed by atoms with Crippen molar-refractivity contribution in [2.75, 3.05) is 35.7 Å². The number of halogens is 1. The van der Waals surface area contributed by atoms with Crippen LogP contribution in [-0.4, -0.2) is 60.2 Å². The maximum atomic E-state index is 12.9. The molecule has 174 valence electrons. The summed E-state index contributed by atoms with van der Waals surface area (Å²) in [6.45, 7) is 1.76. The summed E-state index contributed by atoms with van der Waals surface area (Å²) in [5, 5.41) is 14.0. The molecule has 33 heavy (non-hydrogen) atoms. The average molecular weight is 487 g/mol. The number of hydrogen-bond donors (Lipinski definition) is 2. The second-order valence-electron chi connectivity index (χ2n) is 9.67. The van der Waals surface area contributed by atoms with Crippen molar-refractivity contribution in [1.29, 1.82) is 0 Å². The second-order valence-corrected chi connectivity index (χ2v) is 11.6. The zero-order valence-electron chi connectivity index (χ0n) is 18.3. The Balaban J connectivity index is 1.27. The molecule has 4 heterocycles. The van der Waals surface area contributed by atoms with Crippen LogP contribution in [0.4, 0.5) is 11.8 Å². The van der Waals surface area contributed by atoms with Crippen molar-refractivity contribution in [1.82, 2.24) is 19.9 Å². The Hall–Kier alpha value is -2.10. The first-order chi connectivity index (χ1) is 16.0. The first kappa shape index (κ1) is 21.4. The Morgan fingerprint density at radius 2 is 2.03 bits per heavy atom. The highest BCUT2D eigenvalue weighted by atomic mass is 35.5. The van der Waals surface area contributed by atoms with Crippen molar-refractivity contribution in [2.24, 2.45) is 11.8 Å². The van der Waals surface area contributed by atoms with E-state index in [1.165, 1.54) is 5.57 Å². The van der Waals surface area contributed by atoms with Crippen molar-refractivity contribution >= 4 is 39.7 Å². The number of aryl methyl sites for hydroxylation is 1. The van der Waals surface area contributed by atoms with Crippen molar-refractivity contribution < 1.29 is 9.32 Å². The summed E-state index contributed by atoms with van der Waals surface area (Å²) < 4.78 is 12.9. The fourth-order valence-corrected chi connectivity index (χ4v) is 6.92. The van der Waals surface area contributed by atoms with E-state index in [-0.39, 0.29) is 12.1 Å². The summed E-state index contributed by atoms with van der Waals surface area (Å²) in [4.78, 5) is 21.5. The summed E-state index contributed by atoms with van der Waals surface area (Å²) in [6, 6.07) is 0. The molecule has 1 saturated heterocycles. The fourth-order valence-electron chi connectivity index (χ4n) is 5.49. The van der Waals surface area contributed by atoms with Crippen LogP contribution in [0.1, 0.15) is 43.6 Å². The number of aliphatic hydroxyl groups is 1. The van der Waals surface area contributed by atoms with Crippen LogP contribution < -0.4 is 10.2 Å². The summed E-state index contributed by atoms with van der Waals surface area (Å²) in [5.74, 6) is 3.64. The molecule has 2 fully saturated rings. The molecule has 4 aliphatic rings. The first-order valence-electron chi connectivity index (χ1n) is 11.7. The molecule has 3 atom stereocenters. The van der Waals surface area contributed by atoms with E-state index in [0.717, 1.165) is 68.0 Å². The van der Waals surface area contributed by atoms with Crippen LogP contribution in [0.15, 0.2) is 23.4 Å². The smallest absolute Gasteiger partial charge is 0.227 e. The predicted octanol–water partition coefficient (Wildman–Crippen LogP) is 2.84. The van der Waals surface area contributed by atoms with E-state index >= 15 is 0 Å². The summed E-state index contributed by atoms with van der Waals surface area (Å²) in [5.41, 5.74) is 1.72. The quantitative estimate of drug-likeness (QED) is 0.664. The lowest BCUT2D eigenvalue weighted by Gasteiger charge is -2.42. The molecule has 0 unspecified atom stereocenters. The number of aromatic nitrogens is 4. The van der Waals surface area contributed by atoms with Gasteiger partial charge in [0.15, 0.2) is 5.82 Å². The highest BCUT2D eigenvalue weighted by molar-refractivity contribution is 7.85. The number of anilines is 2. The molecule has 0 bridgehead atoms. The molecule has 2 aliphatic carbocycles. The Bertz CT molecular complexity index is 1130. The van der Waals surface area contributed by atoms with Gasteiger partial charge in [0.2, 0.25) is 5.95 Å². The van der Waals surface area contributed by atoms with Crippen LogP contribution in [-0.2, 0) is 17.2 Å². The molecule has 2 aromatic rings. The molecule has 2 aromatic heterocycles. The minimum Gasteiger partial charge on any atom is -0.394 e. The number of aliphatic hydroxyl groups excluding tert-OH is 1. The van der Waals surface area contributed by atoms with Gasteiger partial charge < -0.3 is 15.3 Å². The number of rotatable bonds is 5. The summed E-state index contributed by atoms with van der Waals surface area (Å²) in [6.07, 6.45) is 11.1. The highest BCUT2D eigenvalue weighted by Crippen LogP contribution is 2.42. The van der Waals surface area contributed by atoms with Crippen molar-refractivity contribution in [3.63, 3.8) is 0 Å². The van der Waals surface area contributed by atoms with Crippen LogP contribution in [0.25, 0.3) is 5.57 Å². The van der Waals surface area contributed by atoms with Gasteiger partial charge >= 0.3 is 0 Å². The molecule has 0 amide bonds. The number of allylic oxidation sites excluding steroid dienone is 1. The molecule has 2 N–H and O–H groups in total. The number of hydrogen-bond acceptors (Lipinski definition) is 8. The molecule has 8 nitrogen and oxygen atoms in total. The monoisotopic (exact) mass is 486 g/mol. The van der Waals surface area contributed by atoms with E-state index in [2.05, 4.69) is 26.3 Å². The molecular formula is C23H27ClN6O2S. The highest BCUT2D eigenvalue weighted by Gasteiger charge is 2.41. The van der Waals surface area contributed by atoms with Gasteiger partial charge in [0, 0.05) is 31.2 Å². The van der Waals surface area contributed by atoms with Crippen LogP contribution in [0.2, 0.25) is 5.02 Å². The van der Waals surface area contributed by atoms with Gasteiger partial charge in [-0.05, 0) is 55.9 Å². The Morgan fingerprint density at radius 3 is 2.73 bits per heavy atom. The summed E-state index contributed by atoms with van der Waals surface area (Å²) >= 11 is 5.93. The van der Waals surface area contributed by atoms with Gasteiger partial charge in [0.1, 0.15) is 10.7 Å². The second kappa shape index (κ2) is 8.29. The van der Waals surface area contributed by atoms with Gasteiger partial charge in [-0.3, -0.25) is 4.21 Å². The molecule has 10 heteroatoms. The van der Waals surface area contributed by atoms with E-state index in [1.807, 2.05) is 0 Å². The van der Waals surface area contributed by atoms with Crippen LogP contribution in [0.5, 0.6) is 0 Å². The van der Waals surface area contributed by atoms with Crippen molar-refractivity contribution in [2.45, 2.75) is 49.0 Å². The third kappa shape index (κ3) is 3.84. The lowest BCUT2D eigenvalue weighted by molar-refractivity contribution is 0.143. The Morgan fingerprint density at radius 1 is 1.21 bits per heavy atom. The molecule has 0 spiro atoms. The SMILES string of the molecule is O=[S@]1CCCc2nc(N3C[C@H]4CC(c5ncc(Cl)cn5)=C[C@H]4C3)nc(NC3(CO)CCC3)c21. The van der Waals surface area contributed by atoms with Crippen molar-refractivity contribution in [3.05, 3.63) is 35.0 Å². The van der Waals surface area contributed by atoms with Gasteiger partial charge in [0.25, 0.3) is 0 Å². The van der Waals surface area contributed by atoms with Gasteiger partial charge in [-0.25, -0.2) is 15.0 Å². The third-order valence-corrected chi connectivity index (χ3v) is 9.21. The average Bonchev–Trinajstić information content (AvgIpc) is 3.36. The lowest BCUT2D eigenvalue weighted by Crippen LogP contribution is -2.49. The van der Waals surface area contributed by atoms with E-state index in [1.54, 1.807) is 12.4 Å². The van der Waals surface area contributed by atoms with E-state index in [4.69, 9.17) is 21.6 Å². The maximum Gasteiger partial charge on any atom is 0.227 e. The standard InChI is InChI=1S/C23H27ClN6O2S/c24-17-9-25-20(26-10-17)14-7-15-11-30(12-16(15)8-14)22-27-18-3-1-6-33(32)19(18)21(28-22)29-23(13-31)4-2-5-23/h7,9-10,15-16,31H,1-6,8,11-13H2,(H,27,28,29)/t15-,16+,33-/m0/s1. The van der Waals surface area contributed by atoms with Crippen LogP contribution >= 0.6 is 11.6 Å². The lowest BCUT2D eigenvalue weighted by atomic mass is 9.77. The van der Waals surface area contributed by atoms with Crippen molar-refractivity contribution in [3.8, 4) is 0 Å².